The highest BCUT2D eigenvalue weighted by atomic mass is 32.2. The first-order chi connectivity index (χ1) is 7.79. The average Bonchev–Trinajstić information content (AvgIpc) is 2.78. The average molecular weight is 256 g/mol. The molecule has 88 valence electrons. The van der Waals surface area contributed by atoms with Gasteiger partial charge in [0.05, 0.1) is 11.8 Å². The van der Waals surface area contributed by atoms with Crippen molar-refractivity contribution in [2.24, 2.45) is 0 Å². The minimum Gasteiger partial charge on any atom is -0.393 e. The summed E-state index contributed by atoms with van der Waals surface area (Å²) in [5.74, 6) is 1.12. The fourth-order valence-corrected chi connectivity index (χ4v) is 2.86. The number of nitrogens with zero attached hydrogens (tertiary/aromatic N) is 2. The Balaban J connectivity index is 1.86. The molecule has 1 N–H and O–H groups in total. The lowest BCUT2D eigenvalue weighted by molar-refractivity contribution is 0.163. The topological polar surface area (TPSA) is 37.5 Å². The summed E-state index contributed by atoms with van der Waals surface area (Å²) in [6, 6.07) is 0. The highest BCUT2D eigenvalue weighted by Gasteiger charge is 2.09. The van der Waals surface area contributed by atoms with E-state index < -0.39 is 0 Å². The zero-order valence-corrected chi connectivity index (χ0v) is 10.9. The third kappa shape index (κ3) is 2.99. The summed E-state index contributed by atoms with van der Waals surface area (Å²) < 4.78 is 2.01. The Labute approximate surface area is 104 Å². The first-order valence-electron chi connectivity index (χ1n) is 5.37. The quantitative estimate of drug-likeness (QED) is 0.807. The largest absolute Gasteiger partial charge is 0.393 e. The third-order valence-electron chi connectivity index (χ3n) is 2.47. The summed E-state index contributed by atoms with van der Waals surface area (Å²) in [7, 11) is 0. The van der Waals surface area contributed by atoms with Gasteiger partial charge in [-0.05, 0) is 24.9 Å². The van der Waals surface area contributed by atoms with E-state index in [1.165, 1.54) is 0 Å². The van der Waals surface area contributed by atoms with Crippen molar-refractivity contribution in [3.63, 3.8) is 0 Å². The molecule has 16 heavy (non-hydrogen) atoms. The molecule has 0 saturated heterocycles. The molecule has 0 amide bonds. The number of hydrogen-bond acceptors (Lipinski definition) is 4. The van der Waals surface area contributed by atoms with Crippen LogP contribution in [0.3, 0.4) is 0 Å². The molecule has 0 aliphatic rings. The Kier molecular flexibility index (Phi) is 4.26. The SMILES string of the molecule is CSCCCC(O)Cc1cn2ccsc2n1. The molecule has 0 fully saturated rings. The predicted molar refractivity (Wildman–Crippen MR) is 70.4 cm³/mol. The fourth-order valence-electron chi connectivity index (χ4n) is 1.68. The first-order valence-corrected chi connectivity index (χ1v) is 7.65. The number of aliphatic hydroxyl groups excluding tert-OH is 1. The maximum atomic E-state index is 9.84. The van der Waals surface area contributed by atoms with Gasteiger partial charge in [-0.3, -0.25) is 4.40 Å². The van der Waals surface area contributed by atoms with E-state index in [4.69, 9.17) is 0 Å². The summed E-state index contributed by atoms with van der Waals surface area (Å²) in [5.41, 5.74) is 0.989. The molecule has 0 spiro atoms. The van der Waals surface area contributed by atoms with Crippen molar-refractivity contribution in [2.75, 3.05) is 12.0 Å². The van der Waals surface area contributed by atoms with Gasteiger partial charge in [-0.2, -0.15) is 11.8 Å². The molecule has 0 aliphatic carbocycles. The van der Waals surface area contributed by atoms with E-state index in [9.17, 15) is 5.11 Å². The predicted octanol–water partition coefficient (Wildman–Crippen LogP) is 2.44. The van der Waals surface area contributed by atoms with Crippen LogP contribution in [0.4, 0.5) is 0 Å². The summed E-state index contributed by atoms with van der Waals surface area (Å²) in [5, 5.41) is 11.9. The second-order valence-corrected chi connectivity index (χ2v) is 5.68. The minimum absolute atomic E-state index is 0.253. The molecule has 1 atom stereocenters. The molecule has 2 heterocycles. The van der Waals surface area contributed by atoms with Crippen LogP contribution in [0.2, 0.25) is 0 Å². The maximum absolute atomic E-state index is 9.84. The third-order valence-corrected chi connectivity index (χ3v) is 3.94. The van der Waals surface area contributed by atoms with Crippen LogP contribution in [0.15, 0.2) is 17.8 Å². The smallest absolute Gasteiger partial charge is 0.193 e. The lowest BCUT2D eigenvalue weighted by Crippen LogP contribution is -2.10. The van der Waals surface area contributed by atoms with E-state index in [2.05, 4.69) is 11.2 Å². The molecular formula is C11H16N2OS2. The first kappa shape index (κ1) is 12.0. The molecule has 0 radical (unpaired) electrons. The molecule has 3 nitrogen and oxygen atoms in total. The van der Waals surface area contributed by atoms with Gasteiger partial charge in [0.2, 0.25) is 0 Å². The Morgan fingerprint density at radius 2 is 2.50 bits per heavy atom. The lowest BCUT2D eigenvalue weighted by atomic mass is 10.1. The highest BCUT2D eigenvalue weighted by molar-refractivity contribution is 7.98. The number of rotatable bonds is 6. The molecule has 0 saturated carbocycles. The van der Waals surface area contributed by atoms with Crippen molar-refractivity contribution in [3.8, 4) is 0 Å². The van der Waals surface area contributed by atoms with Crippen molar-refractivity contribution in [2.45, 2.75) is 25.4 Å². The molecular weight excluding hydrogens is 240 g/mol. The van der Waals surface area contributed by atoms with Crippen molar-refractivity contribution in [1.29, 1.82) is 0 Å². The van der Waals surface area contributed by atoms with Crippen LogP contribution < -0.4 is 0 Å². The van der Waals surface area contributed by atoms with Gasteiger partial charge >= 0.3 is 0 Å². The van der Waals surface area contributed by atoms with Crippen molar-refractivity contribution in [1.82, 2.24) is 9.38 Å². The zero-order valence-electron chi connectivity index (χ0n) is 9.30. The van der Waals surface area contributed by atoms with Crippen molar-refractivity contribution < 1.29 is 5.11 Å². The number of aromatic nitrogens is 2. The number of aliphatic hydroxyl groups is 1. The van der Waals surface area contributed by atoms with Gasteiger partial charge in [-0.25, -0.2) is 4.98 Å². The Hall–Kier alpha value is -0.520. The molecule has 0 aromatic carbocycles. The van der Waals surface area contributed by atoms with E-state index in [-0.39, 0.29) is 6.10 Å². The summed E-state index contributed by atoms with van der Waals surface area (Å²) in [4.78, 5) is 5.46. The second-order valence-electron chi connectivity index (χ2n) is 3.82. The Morgan fingerprint density at radius 3 is 3.25 bits per heavy atom. The Bertz CT molecular complexity index is 409. The lowest BCUT2D eigenvalue weighted by Gasteiger charge is -2.07. The van der Waals surface area contributed by atoms with Gasteiger partial charge in [0.25, 0.3) is 0 Å². The van der Waals surface area contributed by atoms with Gasteiger partial charge < -0.3 is 5.11 Å². The fraction of sp³-hybridized carbons (Fsp3) is 0.545. The normalized spacial score (nSPS) is 13.4. The Morgan fingerprint density at radius 1 is 1.62 bits per heavy atom. The van der Waals surface area contributed by atoms with Crippen LogP contribution >= 0.6 is 23.1 Å². The van der Waals surface area contributed by atoms with Crippen LogP contribution in [0.5, 0.6) is 0 Å². The van der Waals surface area contributed by atoms with Gasteiger partial charge in [-0.1, -0.05) is 0 Å². The summed E-state index contributed by atoms with van der Waals surface area (Å²) in [6.45, 7) is 0. The van der Waals surface area contributed by atoms with Gasteiger partial charge in [0.1, 0.15) is 0 Å². The molecule has 0 aliphatic heterocycles. The van der Waals surface area contributed by atoms with Crippen molar-refractivity contribution >= 4 is 28.1 Å². The molecule has 1 unspecified atom stereocenters. The van der Waals surface area contributed by atoms with Gasteiger partial charge in [0, 0.05) is 24.2 Å². The molecule has 2 rings (SSSR count). The number of thiazole rings is 1. The highest BCUT2D eigenvalue weighted by Crippen LogP contribution is 2.14. The van der Waals surface area contributed by atoms with Gasteiger partial charge in [0.15, 0.2) is 4.96 Å². The van der Waals surface area contributed by atoms with Crippen molar-refractivity contribution in [3.05, 3.63) is 23.5 Å². The van der Waals surface area contributed by atoms with Crippen LogP contribution in [0.25, 0.3) is 4.96 Å². The zero-order chi connectivity index (χ0) is 11.4. The molecule has 2 aromatic rings. The van der Waals surface area contributed by atoms with Crippen LogP contribution in [-0.2, 0) is 6.42 Å². The van der Waals surface area contributed by atoms with E-state index in [1.807, 2.05) is 33.9 Å². The number of hydrogen-bond donors (Lipinski definition) is 1. The second kappa shape index (κ2) is 5.70. The number of imidazole rings is 1. The summed E-state index contributed by atoms with van der Waals surface area (Å²) >= 11 is 3.45. The maximum Gasteiger partial charge on any atom is 0.193 e. The molecule has 5 heteroatoms. The number of thioether (sulfide) groups is 1. The minimum atomic E-state index is -0.253. The van der Waals surface area contributed by atoms with Crippen LogP contribution in [0.1, 0.15) is 18.5 Å². The van der Waals surface area contributed by atoms with E-state index >= 15 is 0 Å². The van der Waals surface area contributed by atoms with Crippen LogP contribution in [0, 0.1) is 0 Å². The van der Waals surface area contributed by atoms with Crippen LogP contribution in [-0.4, -0.2) is 32.6 Å². The molecule has 2 aromatic heterocycles. The number of fused-ring (bicyclic) bond motifs is 1. The standard InChI is InChI=1S/C11H16N2OS2/c1-15-5-2-3-10(14)7-9-8-13-4-6-16-11(13)12-9/h4,6,8,10,14H,2-3,5,7H2,1H3. The van der Waals surface area contributed by atoms with E-state index in [0.29, 0.717) is 6.42 Å². The summed E-state index contributed by atoms with van der Waals surface area (Å²) in [6.07, 6.45) is 8.45. The van der Waals surface area contributed by atoms with E-state index in [1.54, 1.807) is 11.3 Å². The molecule has 0 bridgehead atoms. The monoisotopic (exact) mass is 256 g/mol. The van der Waals surface area contributed by atoms with Gasteiger partial charge in [-0.15, -0.1) is 11.3 Å². The van der Waals surface area contributed by atoms with E-state index in [0.717, 1.165) is 29.2 Å².